The molecule has 3 rings (SSSR count). The van der Waals surface area contributed by atoms with Gasteiger partial charge in [-0.25, -0.2) is 0 Å². The molecule has 1 fully saturated rings. The van der Waals surface area contributed by atoms with Crippen molar-refractivity contribution in [2.75, 3.05) is 0 Å². The molecule has 2 aromatic heterocycles. The Hall–Kier alpha value is -1.58. The molecule has 20 heavy (non-hydrogen) atoms. The molecule has 2 heterocycles. The third-order valence-corrected chi connectivity index (χ3v) is 4.34. The summed E-state index contributed by atoms with van der Waals surface area (Å²) >= 11 is 0. The van der Waals surface area contributed by atoms with Crippen molar-refractivity contribution in [3.05, 3.63) is 35.9 Å². The maximum absolute atomic E-state index is 4.70. The van der Waals surface area contributed by atoms with Gasteiger partial charge >= 0.3 is 0 Å². The van der Waals surface area contributed by atoms with Crippen LogP contribution in [0.2, 0.25) is 0 Å². The Morgan fingerprint density at radius 2 is 1.90 bits per heavy atom. The van der Waals surface area contributed by atoms with E-state index in [0.29, 0.717) is 17.9 Å². The van der Waals surface area contributed by atoms with E-state index < -0.39 is 0 Å². The molecule has 4 nitrogen and oxygen atoms in total. The van der Waals surface area contributed by atoms with Crippen LogP contribution in [0.1, 0.15) is 62.9 Å². The van der Waals surface area contributed by atoms with E-state index in [1.807, 2.05) is 17.9 Å². The van der Waals surface area contributed by atoms with Gasteiger partial charge in [-0.1, -0.05) is 20.8 Å². The predicted molar refractivity (Wildman–Crippen MR) is 79.7 cm³/mol. The fraction of sp³-hybridized carbons (Fsp3) is 0.625. The van der Waals surface area contributed by atoms with Crippen molar-refractivity contribution in [1.82, 2.24) is 19.6 Å². The highest BCUT2D eigenvalue weighted by molar-refractivity contribution is 5.09. The summed E-state index contributed by atoms with van der Waals surface area (Å²) in [6.07, 6.45) is 6.64. The zero-order chi connectivity index (χ0) is 14.3. The first kappa shape index (κ1) is 13.4. The third-order valence-electron chi connectivity index (χ3n) is 4.34. The average molecular weight is 272 g/mol. The van der Waals surface area contributed by atoms with Gasteiger partial charge in [0.05, 0.1) is 17.4 Å². The van der Waals surface area contributed by atoms with Crippen molar-refractivity contribution < 1.29 is 0 Å². The first-order valence-electron chi connectivity index (χ1n) is 7.59. The largest absolute Gasteiger partial charge is 0.276 e. The highest BCUT2D eigenvalue weighted by Crippen LogP contribution is 2.48. The van der Waals surface area contributed by atoms with Gasteiger partial charge < -0.3 is 0 Å². The molecule has 108 valence electrons. The third kappa shape index (κ3) is 2.65. The predicted octanol–water partition coefficient (Wildman–Crippen LogP) is 3.49. The fourth-order valence-corrected chi connectivity index (χ4v) is 2.93. The van der Waals surface area contributed by atoms with Gasteiger partial charge in [0.1, 0.15) is 0 Å². The lowest BCUT2D eigenvalue weighted by atomic mass is 10.0. The minimum atomic E-state index is 0.515. The van der Waals surface area contributed by atoms with Gasteiger partial charge in [0, 0.05) is 25.4 Å². The second-order valence-corrected chi connectivity index (χ2v) is 6.49. The van der Waals surface area contributed by atoms with Crippen LogP contribution in [0, 0.1) is 5.92 Å². The van der Waals surface area contributed by atoms with Crippen LogP contribution in [-0.4, -0.2) is 19.6 Å². The van der Waals surface area contributed by atoms with Crippen LogP contribution in [0.15, 0.2) is 24.5 Å². The van der Waals surface area contributed by atoms with Crippen molar-refractivity contribution in [2.45, 2.75) is 51.5 Å². The van der Waals surface area contributed by atoms with E-state index >= 15 is 0 Å². The first-order valence-corrected chi connectivity index (χ1v) is 7.59. The molecular weight excluding hydrogens is 248 g/mol. The van der Waals surface area contributed by atoms with Gasteiger partial charge in [0.25, 0.3) is 0 Å². The Balaban J connectivity index is 1.58. The summed E-state index contributed by atoms with van der Waals surface area (Å²) in [6.45, 7) is 6.67. The molecule has 4 heteroatoms. The zero-order valence-electron chi connectivity index (χ0n) is 12.8. The number of aryl methyl sites for hydroxylation is 1. The smallest absolute Gasteiger partial charge is 0.0652 e. The molecule has 3 unspecified atom stereocenters. The lowest BCUT2D eigenvalue weighted by Gasteiger charge is -2.08. The lowest BCUT2D eigenvalue weighted by molar-refractivity contribution is 0.519. The van der Waals surface area contributed by atoms with Crippen molar-refractivity contribution in [1.29, 1.82) is 0 Å². The van der Waals surface area contributed by atoms with Crippen molar-refractivity contribution in [3.63, 3.8) is 0 Å². The minimum absolute atomic E-state index is 0.515. The minimum Gasteiger partial charge on any atom is -0.276 e. The second kappa shape index (κ2) is 5.08. The first-order chi connectivity index (χ1) is 9.54. The van der Waals surface area contributed by atoms with E-state index in [1.165, 1.54) is 24.2 Å². The number of hydrogen-bond acceptors (Lipinski definition) is 2. The molecule has 1 aliphatic carbocycles. The number of nitrogens with zero attached hydrogens (tertiary/aromatic N) is 4. The number of hydrogen-bond donors (Lipinski definition) is 0. The van der Waals surface area contributed by atoms with Crippen LogP contribution in [0.4, 0.5) is 0 Å². The molecule has 0 spiro atoms. The topological polar surface area (TPSA) is 35.6 Å². The Morgan fingerprint density at radius 3 is 2.50 bits per heavy atom. The molecule has 0 radical (unpaired) electrons. The molecule has 1 aliphatic rings. The van der Waals surface area contributed by atoms with Gasteiger partial charge in [-0.2, -0.15) is 10.2 Å². The molecule has 0 aliphatic heterocycles. The van der Waals surface area contributed by atoms with Gasteiger partial charge in [-0.05, 0) is 36.8 Å². The van der Waals surface area contributed by atoms with Crippen LogP contribution in [0.5, 0.6) is 0 Å². The van der Waals surface area contributed by atoms with Gasteiger partial charge in [0.15, 0.2) is 0 Å². The molecule has 3 atom stereocenters. The number of rotatable bonds is 5. The van der Waals surface area contributed by atoms with Crippen LogP contribution in [-0.2, 0) is 7.05 Å². The van der Waals surface area contributed by atoms with Crippen molar-refractivity contribution in [3.8, 4) is 0 Å². The summed E-state index contributed by atoms with van der Waals surface area (Å²) in [7, 11) is 1.98. The van der Waals surface area contributed by atoms with Gasteiger partial charge in [0.2, 0.25) is 0 Å². The Labute approximate surface area is 120 Å². The summed E-state index contributed by atoms with van der Waals surface area (Å²) in [5.74, 6) is 1.80. The van der Waals surface area contributed by atoms with Crippen molar-refractivity contribution >= 4 is 0 Å². The van der Waals surface area contributed by atoms with Crippen LogP contribution in [0.3, 0.4) is 0 Å². The quantitative estimate of drug-likeness (QED) is 0.835. The van der Waals surface area contributed by atoms with E-state index in [0.717, 1.165) is 5.92 Å². The van der Waals surface area contributed by atoms with E-state index in [2.05, 4.69) is 48.9 Å². The summed E-state index contributed by atoms with van der Waals surface area (Å²) in [5.41, 5.74) is 2.41. The summed E-state index contributed by atoms with van der Waals surface area (Å²) in [6, 6.07) is 4.89. The van der Waals surface area contributed by atoms with E-state index in [1.54, 1.807) is 0 Å². The molecule has 0 saturated heterocycles. The maximum atomic E-state index is 4.70. The van der Waals surface area contributed by atoms with Crippen molar-refractivity contribution in [2.24, 2.45) is 13.0 Å². The maximum Gasteiger partial charge on any atom is 0.0652 e. The highest BCUT2D eigenvalue weighted by atomic mass is 15.3. The SMILES string of the molecule is CC(C)c1ccn(C2CC2CC(C)c2ccn(C)n2)n1. The normalized spacial score (nSPS) is 23.2. The second-order valence-electron chi connectivity index (χ2n) is 6.49. The molecule has 0 bridgehead atoms. The van der Waals surface area contributed by atoms with Gasteiger partial charge in [-0.15, -0.1) is 0 Å². The van der Waals surface area contributed by atoms with E-state index in [-0.39, 0.29) is 0 Å². The molecule has 1 saturated carbocycles. The highest BCUT2D eigenvalue weighted by Gasteiger charge is 2.40. The Kier molecular flexibility index (Phi) is 3.40. The average Bonchev–Trinajstić information content (AvgIpc) is 2.84. The zero-order valence-corrected chi connectivity index (χ0v) is 12.8. The molecule has 0 N–H and O–H groups in total. The standard InChI is InChI=1S/C16H24N4/c1-11(2)14-6-8-20(18-14)16-10-13(16)9-12(3)15-5-7-19(4)17-15/h5-8,11-13,16H,9-10H2,1-4H3. The van der Waals surface area contributed by atoms with E-state index in [4.69, 9.17) is 5.10 Å². The summed E-state index contributed by atoms with van der Waals surface area (Å²) in [4.78, 5) is 0. The molecule has 2 aromatic rings. The Bertz CT molecular complexity index is 581. The molecular formula is C16H24N4. The van der Waals surface area contributed by atoms with Crippen LogP contribution < -0.4 is 0 Å². The summed E-state index contributed by atoms with van der Waals surface area (Å²) < 4.78 is 4.06. The molecule has 0 amide bonds. The van der Waals surface area contributed by atoms with Crippen LogP contribution >= 0.6 is 0 Å². The van der Waals surface area contributed by atoms with Gasteiger partial charge in [-0.3, -0.25) is 9.36 Å². The number of aromatic nitrogens is 4. The fourth-order valence-electron chi connectivity index (χ4n) is 2.93. The molecule has 0 aromatic carbocycles. The summed E-state index contributed by atoms with van der Waals surface area (Å²) in [5, 5.41) is 9.21. The monoisotopic (exact) mass is 272 g/mol. The van der Waals surface area contributed by atoms with Crippen LogP contribution in [0.25, 0.3) is 0 Å². The van der Waals surface area contributed by atoms with E-state index in [9.17, 15) is 0 Å². The lowest BCUT2D eigenvalue weighted by Crippen LogP contribution is -2.02. The Morgan fingerprint density at radius 1 is 1.15 bits per heavy atom.